The summed E-state index contributed by atoms with van der Waals surface area (Å²) in [7, 11) is 0. The number of amidine groups is 1. The summed E-state index contributed by atoms with van der Waals surface area (Å²) in [4.78, 5) is 13.5. The number of nitrogens with one attached hydrogen (secondary N) is 1. The van der Waals surface area contributed by atoms with Crippen LogP contribution < -0.4 is 15.1 Å². The zero-order valence-electron chi connectivity index (χ0n) is 8.80. The van der Waals surface area contributed by atoms with Crippen LogP contribution in [0, 0.1) is 0 Å². The molecule has 0 radical (unpaired) electrons. The van der Waals surface area contributed by atoms with Crippen LogP contribution in [-0.2, 0) is 4.79 Å². The molecule has 0 saturated heterocycles. The van der Waals surface area contributed by atoms with Gasteiger partial charge in [-0.25, -0.2) is 5.43 Å². The van der Waals surface area contributed by atoms with E-state index >= 15 is 0 Å². The highest BCUT2D eigenvalue weighted by atomic mass is 16.5. The maximum Gasteiger partial charge on any atom is 0.262 e. The van der Waals surface area contributed by atoms with Crippen molar-refractivity contribution in [3.05, 3.63) is 24.3 Å². The van der Waals surface area contributed by atoms with Gasteiger partial charge in [0, 0.05) is 0 Å². The molecule has 1 atom stereocenters. The monoisotopic (exact) mass is 217 g/mol. The fourth-order valence-corrected chi connectivity index (χ4v) is 1.98. The Labute approximate surface area is 92.7 Å². The Bertz CT molecular complexity index is 484. The van der Waals surface area contributed by atoms with Gasteiger partial charge in [0.05, 0.1) is 5.69 Å². The van der Waals surface area contributed by atoms with Gasteiger partial charge in [0.1, 0.15) is 18.4 Å². The molecule has 2 heterocycles. The van der Waals surface area contributed by atoms with Crippen molar-refractivity contribution in [2.24, 2.45) is 5.10 Å². The second-order valence-corrected chi connectivity index (χ2v) is 3.81. The normalized spacial score (nSPS) is 22.6. The molecule has 5 heteroatoms. The molecule has 82 valence electrons. The number of nitrogens with zero attached hydrogens (tertiary/aromatic N) is 2. The predicted molar refractivity (Wildman–Crippen MR) is 59.5 cm³/mol. The summed E-state index contributed by atoms with van der Waals surface area (Å²) in [6, 6.07) is 7.40. The lowest BCUT2D eigenvalue weighted by molar-refractivity contribution is -0.122. The molecule has 1 aromatic carbocycles. The second-order valence-electron chi connectivity index (χ2n) is 3.81. The molecule has 0 bridgehead atoms. The van der Waals surface area contributed by atoms with Crippen molar-refractivity contribution in [1.29, 1.82) is 0 Å². The Hall–Kier alpha value is -2.04. The van der Waals surface area contributed by atoms with E-state index in [0.717, 1.165) is 17.3 Å². The Morgan fingerprint density at radius 2 is 2.31 bits per heavy atom. The molecule has 2 aliphatic rings. The number of hydrogen-bond acceptors (Lipinski definition) is 4. The molecular weight excluding hydrogens is 206 g/mol. The highest BCUT2D eigenvalue weighted by Gasteiger charge is 2.34. The number of anilines is 1. The van der Waals surface area contributed by atoms with Crippen molar-refractivity contribution in [2.75, 3.05) is 11.5 Å². The van der Waals surface area contributed by atoms with E-state index in [4.69, 9.17) is 4.74 Å². The molecule has 5 nitrogen and oxygen atoms in total. The number of carbonyl (C=O) groups excluding carboxylic acids is 1. The van der Waals surface area contributed by atoms with Crippen LogP contribution in [0.4, 0.5) is 5.69 Å². The number of fused-ring (bicyclic) bond motifs is 3. The number of amides is 1. The number of ether oxygens (including phenoxy) is 1. The quantitative estimate of drug-likeness (QED) is 0.696. The van der Waals surface area contributed by atoms with E-state index in [1.807, 2.05) is 36.1 Å². The Kier molecular flexibility index (Phi) is 1.86. The predicted octanol–water partition coefficient (Wildman–Crippen LogP) is 0.717. The van der Waals surface area contributed by atoms with Gasteiger partial charge in [-0.05, 0) is 19.1 Å². The molecule has 0 spiro atoms. The first-order chi connectivity index (χ1) is 7.77. The van der Waals surface area contributed by atoms with Crippen molar-refractivity contribution >= 4 is 17.4 Å². The lowest BCUT2D eigenvalue weighted by Gasteiger charge is -2.37. The standard InChI is InChI=1S/C11H11N3O2/c1-7-11(15)13-12-10-6-16-9-5-3-2-4-8(9)14(7)10/h2-5,7H,6H2,1H3,(H,13,15)/t7-/m1/s1. The summed E-state index contributed by atoms with van der Waals surface area (Å²) in [5, 5.41) is 4.00. The molecule has 0 aromatic heterocycles. The molecule has 1 N–H and O–H groups in total. The summed E-state index contributed by atoms with van der Waals surface area (Å²) in [5.41, 5.74) is 3.39. The van der Waals surface area contributed by atoms with E-state index in [-0.39, 0.29) is 11.9 Å². The summed E-state index contributed by atoms with van der Waals surface area (Å²) >= 11 is 0. The fourth-order valence-electron chi connectivity index (χ4n) is 1.98. The molecular formula is C11H11N3O2. The third-order valence-corrected chi connectivity index (χ3v) is 2.82. The highest BCUT2D eigenvalue weighted by molar-refractivity contribution is 6.09. The van der Waals surface area contributed by atoms with Crippen LogP contribution in [0.2, 0.25) is 0 Å². The van der Waals surface area contributed by atoms with E-state index in [0.29, 0.717) is 6.61 Å². The molecule has 0 unspecified atom stereocenters. The second kappa shape index (κ2) is 3.23. The summed E-state index contributed by atoms with van der Waals surface area (Å²) in [5.74, 6) is 1.44. The largest absolute Gasteiger partial charge is 0.483 e. The lowest BCUT2D eigenvalue weighted by atomic mass is 10.1. The number of para-hydroxylation sites is 2. The van der Waals surface area contributed by atoms with Crippen LogP contribution in [-0.4, -0.2) is 24.4 Å². The first-order valence-corrected chi connectivity index (χ1v) is 5.15. The lowest BCUT2D eigenvalue weighted by Crippen LogP contribution is -2.55. The van der Waals surface area contributed by atoms with Gasteiger partial charge in [0.2, 0.25) is 0 Å². The van der Waals surface area contributed by atoms with Crippen molar-refractivity contribution in [3.63, 3.8) is 0 Å². The van der Waals surface area contributed by atoms with Crippen LogP contribution in [0.5, 0.6) is 5.75 Å². The minimum Gasteiger partial charge on any atom is -0.483 e. The molecule has 2 aliphatic heterocycles. The van der Waals surface area contributed by atoms with Crippen molar-refractivity contribution in [3.8, 4) is 5.75 Å². The van der Waals surface area contributed by atoms with Gasteiger partial charge in [-0.3, -0.25) is 4.79 Å². The highest BCUT2D eigenvalue weighted by Crippen LogP contribution is 2.33. The molecule has 1 amide bonds. The first kappa shape index (κ1) is 9.21. The Morgan fingerprint density at radius 1 is 1.50 bits per heavy atom. The average Bonchev–Trinajstić information content (AvgIpc) is 2.33. The van der Waals surface area contributed by atoms with Gasteiger partial charge in [0.25, 0.3) is 5.91 Å². The van der Waals surface area contributed by atoms with Crippen LogP contribution >= 0.6 is 0 Å². The first-order valence-electron chi connectivity index (χ1n) is 5.15. The number of hydrazone groups is 1. The Morgan fingerprint density at radius 3 is 3.19 bits per heavy atom. The van der Waals surface area contributed by atoms with Crippen molar-refractivity contribution in [2.45, 2.75) is 13.0 Å². The molecule has 1 aromatic rings. The minimum absolute atomic E-state index is 0.0968. The Balaban J connectivity index is 2.13. The summed E-state index contributed by atoms with van der Waals surface area (Å²) in [6.45, 7) is 2.24. The fraction of sp³-hybridized carbons (Fsp3) is 0.273. The number of carbonyl (C=O) groups is 1. The van der Waals surface area contributed by atoms with E-state index in [2.05, 4.69) is 10.5 Å². The minimum atomic E-state index is -0.252. The SMILES string of the molecule is C[C@@H]1C(=O)NN=C2COc3ccccc3N21. The zero-order valence-corrected chi connectivity index (χ0v) is 8.80. The van der Waals surface area contributed by atoms with Crippen molar-refractivity contribution in [1.82, 2.24) is 5.43 Å². The third-order valence-electron chi connectivity index (χ3n) is 2.82. The smallest absolute Gasteiger partial charge is 0.262 e. The van der Waals surface area contributed by atoms with E-state index in [1.54, 1.807) is 0 Å². The summed E-state index contributed by atoms with van der Waals surface area (Å²) < 4.78 is 5.55. The van der Waals surface area contributed by atoms with Crippen LogP contribution in [0.3, 0.4) is 0 Å². The van der Waals surface area contributed by atoms with Gasteiger partial charge in [-0.15, -0.1) is 0 Å². The van der Waals surface area contributed by atoms with Gasteiger partial charge in [-0.1, -0.05) is 12.1 Å². The van der Waals surface area contributed by atoms with Crippen molar-refractivity contribution < 1.29 is 9.53 Å². The number of rotatable bonds is 0. The molecule has 3 rings (SSSR count). The number of hydrogen-bond donors (Lipinski definition) is 1. The van der Waals surface area contributed by atoms with E-state index < -0.39 is 0 Å². The average molecular weight is 217 g/mol. The van der Waals surface area contributed by atoms with E-state index in [9.17, 15) is 4.79 Å². The molecule has 16 heavy (non-hydrogen) atoms. The van der Waals surface area contributed by atoms with Gasteiger partial charge >= 0.3 is 0 Å². The van der Waals surface area contributed by atoms with E-state index in [1.165, 1.54) is 0 Å². The third kappa shape index (κ3) is 1.18. The zero-order chi connectivity index (χ0) is 11.1. The summed E-state index contributed by atoms with van der Waals surface area (Å²) in [6.07, 6.45) is 0. The van der Waals surface area contributed by atoms with Gasteiger partial charge < -0.3 is 9.64 Å². The van der Waals surface area contributed by atoms with Crippen LogP contribution in [0.25, 0.3) is 0 Å². The molecule has 0 fully saturated rings. The topological polar surface area (TPSA) is 53.9 Å². The van der Waals surface area contributed by atoms with Crippen LogP contribution in [0.15, 0.2) is 29.4 Å². The molecule has 0 aliphatic carbocycles. The molecule has 0 saturated carbocycles. The number of benzene rings is 1. The maximum atomic E-state index is 11.6. The maximum absolute atomic E-state index is 11.6. The van der Waals surface area contributed by atoms with Gasteiger partial charge in [0.15, 0.2) is 5.84 Å². The van der Waals surface area contributed by atoms with Gasteiger partial charge in [-0.2, -0.15) is 5.10 Å². The van der Waals surface area contributed by atoms with Crippen LogP contribution in [0.1, 0.15) is 6.92 Å².